The highest BCUT2D eigenvalue weighted by Crippen LogP contribution is 2.35. The molecular formula is C15H13ClN2O2. The number of phenolic OH excluding ortho intramolecular Hbond substituents is 1. The summed E-state index contributed by atoms with van der Waals surface area (Å²) in [5, 5.41) is 10.3. The van der Waals surface area contributed by atoms with Crippen LogP contribution in [0.5, 0.6) is 5.75 Å². The second kappa shape index (κ2) is 4.72. The molecule has 1 heterocycles. The van der Waals surface area contributed by atoms with Gasteiger partial charge in [0.1, 0.15) is 5.75 Å². The molecule has 0 radical (unpaired) electrons. The van der Waals surface area contributed by atoms with Gasteiger partial charge >= 0.3 is 0 Å². The molecule has 4 nitrogen and oxygen atoms in total. The summed E-state index contributed by atoms with van der Waals surface area (Å²) in [5.41, 5.74) is 8.55. The number of para-hydroxylation sites is 1. The fourth-order valence-electron chi connectivity index (χ4n) is 2.52. The lowest BCUT2D eigenvalue weighted by Gasteiger charge is -2.19. The minimum absolute atomic E-state index is 0.120. The van der Waals surface area contributed by atoms with Gasteiger partial charge in [-0.15, -0.1) is 0 Å². The molecule has 1 aliphatic heterocycles. The lowest BCUT2D eigenvalue weighted by Crippen LogP contribution is -2.29. The van der Waals surface area contributed by atoms with Crippen LogP contribution in [0.1, 0.15) is 15.9 Å². The number of hydrogen-bond acceptors (Lipinski definition) is 3. The zero-order valence-electron chi connectivity index (χ0n) is 10.6. The van der Waals surface area contributed by atoms with E-state index in [0.29, 0.717) is 17.3 Å². The fraction of sp³-hybridized carbons (Fsp3) is 0.133. The van der Waals surface area contributed by atoms with E-state index < -0.39 is 0 Å². The summed E-state index contributed by atoms with van der Waals surface area (Å²) in [6.45, 7) is 0.560. The van der Waals surface area contributed by atoms with Gasteiger partial charge in [-0.3, -0.25) is 4.79 Å². The molecule has 5 heteroatoms. The van der Waals surface area contributed by atoms with E-state index >= 15 is 0 Å². The quantitative estimate of drug-likeness (QED) is 0.793. The summed E-state index contributed by atoms with van der Waals surface area (Å²) in [4.78, 5) is 14.2. The van der Waals surface area contributed by atoms with Gasteiger partial charge in [0.15, 0.2) is 0 Å². The normalized spacial score (nSPS) is 13.3. The Balaban J connectivity index is 2.02. The first-order chi connectivity index (χ1) is 9.58. The maximum atomic E-state index is 12.6. The van der Waals surface area contributed by atoms with Crippen LogP contribution in [0.4, 0.5) is 11.4 Å². The molecule has 0 bridgehead atoms. The number of carbonyl (C=O) groups is 1. The van der Waals surface area contributed by atoms with Gasteiger partial charge in [0.25, 0.3) is 5.91 Å². The number of rotatable bonds is 1. The second-order valence-corrected chi connectivity index (χ2v) is 5.16. The number of carbonyl (C=O) groups excluding carboxylic acids is 1. The Labute approximate surface area is 121 Å². The average molecular weight is 289 g/mol. The number of phenols is 1. The van der Waals surface area contributed by atoms with Gasteiger partial charge in [-0.2, -0.15) is 0 Å². The summed E-state index contributed by atoms with van der Waals surface area (Å²) < 4.78 is 0. The Hall–Kier alpha value is -2.20. The molecule has 0 unspecified atom stereocenters. The van der Waals surface area contributed by atoms with E-state index in [0.717, 1.165) is 17.7 Å². The van der Waals surface area contributed by atoms with Crippen molar-refractivity contribution in [2.75, 3.05) is 17.2 Å². The number of fused-ring (bicyclic) bond motifs is 1. The number of halogens is 1. The largest absolute Gasteiger partial charge is 0.507 e. The fourth-order valence-corrected chi connectivity index (χ4v) is 2.69. The number of amides is 1. The van der Waals surface area contributed by atoms with Gasteiger partial charge in [0.05, 0.1) is 16.9 Å². The molecule has 2 aromatic carbocycles. The Morgan fingerprint density at radius 3 is 2.85 bits per heavy atom. The zero-order valence-corrected chi connectivity index (χ0v) is 11.4. The van der Waals surface area contributed by atoms with Crippen molar-refractivity contribution in [2.24, 2.45) is 0 Å². The van der Waals surface area contributed by atoms with Crippen LogP contribution < -0.4 is 10.6 Å². The summed E-state index contributed by atoms with van der Waals surface area (Å²) >= 11 is 5.78. The lowest BCUT2D eigenvalue weighted by atomic mass is 10.1. The van der Waals surface area contributed by atoms with E-state index in [4.69, 9.17) is 17.3 Å². The first-order valence-electron chi connectivity index (χ1n) is 6.25. The Morgan fingerprint density at radius 1 is 1.30 bits per heavy atom. The van der Waals surface area contributed by atoms with E-state index in [9.17, 15) is 9.90 Å². The number of aromatic hydroxyl groups is 1. The lowest BCUT2D eigenvalue weighted by molar-refractivity contribution is 0.0987. The molecule has 20 heavy (non-hydrogen) atoms. The third kappa shape index (κ3) is 1.98. The minimum Gasteiger partial charge on any atom is -0.507 e. The molecule has 0 aliphatic carbocycles. The van der Waals surface area contributed by atoms with Crippen molar-refractivity contribution in [2.45, 2.75) is 6.42 Å². The molecule has 0 aromatic heterocycles. The van der Waals surface area contributed by atoms with Gasteiger partial charge in [-0.25, -0.2) is 0 Å². The van der Waals surface area contributed by atoms with Crippen LogP contribution in [0.2, 0.25) is 5.02 Å². The monoisotopic (exact) mass is 288 g/mol. The van der Waals surface area contributed by atoms with Crippen LogP contribution in [0.3, 0.4) is 0 Å². The topological polar surface area (TPSA) is 66.6 Å². The SMILES string of the molecule is Nc1cccc2c1N(C(=O)c1ccc(Cl)cc1O)CC2. The Morgan fingerprint density at radius 2 is 2.10 bits per heavy atom. The first-order valence-corrected chi connectivity index (χ1v) is 6.63. The summed E-state index contributed by atoms with van der Waals surface area (Å²) in [6.07, 6.45) is 0.764. The number of hydrogen-bond donors (Lipinski definition) is 2. The van der Waals surface area contributed by atoms with Gasteiger partial charge in [0, 0.05) is 11.6 Å². The van der Waals surface area contributed by atoms with Gasteiger partial charge < -0.3 is 15.7 Å². The molecule has 0 saturated heterocycles. The molecule has 0 atom stereocenters. The second-order valence-electron chi connectivity index (χ2n) is 4.72. The van der Waals surface area contributed by atoms with E-state index in [2.05, 4.69) is 0 Å². The highest BCUT2D eigenvalue weighted by Gasteiger charge is 2.28. The highest BCUT2D eigenvalue weighted by atomic mass is 35.5. The molecule has 0 spiro atoms. The number of benzene rings is 2. The third-order valence-electron chi connectivity index (χ3n) is 3.46. The van der Waals surface area contributed by atoms with Crippen LogP contribution in [-0.4, -0.2) is 17.6 Å². The molecule has 2 aromatic rings. The Kier molecular flexibility index (Phi) is 3.03. The van der Waals surface area contributed by atoms with Crippen molar-refractivity contribution in [1.29, 1.82) is 0 Å². The van der Waals surface area contributed by atoms with Crippen molar-refractivity contribution >= 4 is 28.9 Å². The van der Waals surface area contributed by atoms with Crippen LogP contribution in [0, 0.1) is 0 Å². The first kappa shape index (κ1) is 12.8. The predicted molar refractivity (Wildman–Crippen MR) is 79.4 cm³/mol. The molecule has 3 N–H and O–H groups in total. The van der Waals surface area contributed by atoms with Crippen LogP contribution in [-0.2, 0) is 6.42 Å². The number of anilines is 2. The van der Waals surface area contributed by atoms with Crippen molar-refractivity contribution in [3.63, 3.8) is 0 Å². The van der Waals surface area contributed by atoms with Gasteiger partial charge in [0.2, 0.25) is 0 Å². The third-order valence-corrected chi connectivity index (χ3v) is 3.70. The average Bonchev–Trinajstić information content (AvgIpc) is 2.83. The molecule has 1 aliphatic rings. The smallest absolute Gasteiger partial charge is 0.262 e. The van der Waals surface area contributed by atoms with Crippen LogP contribution in [0.15, 0.2) is 36.4 Å². The Bertz CT molecular complexity index is 700. The standard InChI is InChI=1S/C15H13ClN2O2/c16-10-4-5-11(13(19)8-10)15(20)18-7-6-9-2-1-3-12(17)14(9)18/h1-5,8,19H,6-7,17H2. The van der Waals surface area contributed by atoms with E-state index in [-0.39, 0.29) is 17.2 Å². The number of nitrogen functional groups attached to an aromatic ring is 1. The summed E-state index contributed by atoms with van der Waals surface area (Å²) in [5.74, 6) is -0.388. The van der Waals surface area contributed by atoms with E-state index in [1.807, 2.05) is 12.1 Å². The van der Waals surface area contributed by atoms with Crippen LogP contribution in [0.25, 0.3) is 0 Å². The van der Waals surface area contributed by atoms with E-state index in [1.54, 1.807) is 17.0 Å². The maximum Gasteiger partial charge on any atom is 0.262 e. The van der Waals surface area contributed by atoms with Gasteiger partial charge in [-0.1, -0.05) is 23.7 Å². The van der Waals surface area contributed by atoms with Crippen molar-refractivity contribution in [1.82, 2.24) is 0 Å². The maximum absolute atomic E-state index is 12.6. The van der Waals surface area contributed by atoms with Gasteiger partial charge in [-0.05, 0) is 36.2 Å². The van der Waals surface area contributed by atoms with Crippen molar-refractivity contribution in [3.05, 3.63) is 52.5 Å². The molecule has 102 valence electrons. The zero-order chi connectivity index (χ0) is 14.3. The molecule has 0 fully saturated rings. The molecule has 1 amide bonds. The highest BCUT2D eigenvalue weighted by molar-refractivity contribution is 6.31. The summed E-state index contributed by atoms with van der Waals surface area (Å²) in [6, 6.07) is 10.1. The van der Waals surface area contributed by atoms with Crippen molar-refractivity contribution in [3.8, 4) is 5.75 Å². The van der Waals surface area contributed by atoms with Crippen molar-refractivity contribution < 1.29 is 9.90 Å². The molecule has 3 rings (SSSR count). The molecule has 0 saturated carbocycles. The van der Waals surface area contributed by atoms with Crippen LogP contribution >= 0.6 is 11.6 Å². The van der Waals surface area contributed by atoms with E-state index in [1.165, 1.54) is 12.1 Å². The predicted octanol–water partition coefficient (Wildman–Crippen LogP) is 2.83. The number of nitrogens with zero attached hydrogens (tertiary/aromatic N) is 1. The minimum atomic E-state index is -0.268. The summed E-state index contributed by atoms with van der Waals surface area (Å²) in [7, 11) is 0. The molecular weight excluding hydrogens is 276 g/mol. The number of nitrogens with two attached hydrogens (primary N) is 1.